The Morgan fingerprint density at radius 3 is 2.20 bits per heavy atom. The van der Waals surface area contributed by atoms with Gasteiger partial charge in [0, 0.05) is 24.7 Å². The molecule has 0 bridgehead atoms. The van der Waals surface area contributed by atoms with Crippen LogP contribution in [0, 0.1) is 0 Å². The van der Waals surface area contributed by atoms with E-state index in [1.165, 1.54) is 31.4 Å². The van der Waals surface area contributed by atoms with Crippen LogP contribution >= 0.6 is 0 Å². The highest BCUT2D eigenvalue weighted by Gasteiger charge is 2.27. The van der Waals surface area contributed by atoms with E-state index < -0.39 is 0 Å². The molecule has 30 heavy (non-hydrogen) atoms. The number of rotatable bonds is 11. The average molecular weight is 410 g/mol. The molecule has 2 aromatic rings. The Balaban J connectivity index is 2.28. The van der Waals surface area contributed by atoms with Crippen LogP contribution in [0.4, 0.5) is 0 Å². The number of methoxy groups -OCH3 is 2. The second kappa shape index (κ2) is 12.6. The minimum absolute atomic E-state index is 0.0461. The number of benzene rings is 2. The molecule has 2 rings (SSSR count). The molecule has 2 atom stereocenters. The molecule has 5 nitrogen and oxygen atoms in total. The lowest BCUT2D eigenvalue weighted by molar-refractivity contribution is -0.142. The third kappa shape index (κ3) is 7.48. The fraction of sp³-hybridized carbons (Fsp3) is 0.360. The van der Waals surface area contributed by atoms with Crippen LogP contribution in [0.2, 0.25) is 0 Å². The van der Waals surface area contributed by atoms with Crippen molar-refractivity contribution in [3.05, 3.63) is 83.9 Å². The maximum Gasteiger partial charge on any atom is 0.330 e. The molecule has 0 heterocycles. The van der Waals surface area contributed by atoms with E-state index in [1.54, 1.807) is 6.08 Å². The predicted octanol–water partition coefficient (Wildman–Crippen LogP) is 4.69. The lowest BCUT2D eigenvalue weighted by atomic mass is 9.98. The van der Waals surface area contributed by atoms with Gasteiger partial charge in [-0.3, -0.25) is 9.69 Å². The summed E-state index contributed by atoms with van der Waals surface area (Å²) in [5.74, 6) is -0.617. The van der Waals surface area contributed by atoms with Crippen molar-refractivity contribution in [3.8, 4) is 0 Å². The summed E-state index contributed by atoms with van der Waals surface area (Å²) in [4.78, 5) is 25.9. The lowest BCUT2D eigenvalue weighted by Gasteiger charge is -2.36. The molecule has 0 fully saturated rings. The van der Waals surface area contributed by atoms with Crippen molar-refractivity contribution in [3.63, 3.8) is 0 Å². The molecule has 2 aromatic carbocycles. The van der Waals surface area contributed by atoms with Crippen molar-refractivity contribution in [2.45, 2.75) is 44.8 Å². The van der Waals surface area contributed by atoms with Gasteiger partial charge in [-0.05, 0) is 30.9 Å². The maximum atomic E-state index is 12.2. The summed E-state index contributed by atoms with van der Waals surface area (Å²) in [6.07, 6.45) is 4.88. The zero-order chi connectivity index (χ0) is 21.8. The summed E-state index contributed by atoms with van der Waals surface area (Å²) in [7, 11) is 2.77. The van der Waals surface area contributed by atoms with Crippen molar-refractivity contribution in [1.29, 1.82) is 0 Å². The number of hydrogen-bond donors (Lipinski definition) is 0. The van der Waals surface area contributed by atoms with Gasteiger partial charge in [-0.15, -0.1) is 0 Å². The Hall–Kier alpha value is -2.92. The van der Waals surface area contributed by atoms with Crippen LogP contribution in [-0.4, -0.2) is 37.1 Å². The van der Waals surface area contributed by atoms with Crippen molar-refractivity contribution in [1.82, 2.24) is 4.90 Å². The Bertz CT molecular complexity index is 804. The van der Waals surface area contributed by atoms with Crippen molar-refractivity contribution in [2.75, 3.05) is 14.2 Å². The summed E-state index contributed by atoms with van der Waals surface area (Å²) in [6, 6.07) is 20.6. The van der Waals surface area contributed by atoms with E-state index >= 15 is 0 Å². The fourth-order valence-electron chi connectivity index (χ4n) is 3.50. The van der Waals surface area contributed by atoms with Gasteiger partial charge in [0.25, 0.3) is 0 Å². The third-order valence-electron chi connectivity index (χ3n) is 5.21. The Labute approximate surface area is 179 Å². The van der Waals surface area contributed by atoms with Crippen LogP contribution in [0.25, 0.3) is 0 Å². The molecular formula is C25H31NO4. The summed E-state index contributed by atoms with van der Waals surface area (Å²) >= 11 is 0. The molecule has 0 N–H and O–H groups in total. The molecule has 0 aliphatic heterocycles. The molecule has 0 aliphatic carbocycles. The zero-order valence-corrected chi connectivity index (χ0v) is 18.0. The van der Waals surface area contributed by atoms with Crippen molar-refractivity contribution in [2.24, 2.45) is 0 Å². The predicted molar refractivity (Wildman–Crippen MR) is 118 cm³/mol. The van der Waals surface area contributed by atoms with E-state index in [2.05, 4.69) is 40.8 Å². The van der Waals surface area contributed by atoms with Gasteiger partial charge in [0.05, 0.1) is 20.6 Å². The number of ether oxygens (including phenoxy) is 2. The first kappa shape index (κ1) is 23.4. The minimum atomic E-state index is -0.377. The molecule has 0 saturated heterocycles. The summed E-state index contributed by atoms with van der Waals surface area (Å²) in [5.41, 5.74) is 2.37. The molecule has 1 unspecified atom stereocenters. The van der Waals surface area contributed by atoms with Crippen LogP contribution in [0.1, 0.15) is 43.4 Å². The van der Waals surface area contributed by atoms with E-state index in [4.69, 9.17) is 4.74 Å². The lowest BCUT2D eigenvalue weighted by Crippen LogP contribution is -2.38. The Kier molecular flexibility index (Phi) is 9.81. The number of allylic oxidation sites excluding steroid dienone is 1. The van der Waals surface area contributed by atoms with Crippen LogP contribution < -0.4 is 0 Å². The van der Waals surface area contributed by atoms with E-state index in [0.717, 1.165) is 0 Å². The van der Waals surface area contributed by atoms with Gasteiger partial charge in [0.1, 0.15) is 0 Å². The van der Waals surface area contributed by atoms with Crippen molar-refractivity contribution < 1.29 is 19.1 Å². The van der Waals surface area contributed by atoms with Gasteiger partial charge in [-0.1, -0.05) is 66.7 Å². The largest absolute Gasteiger partial charge is 0.469 e. The van der Waals surface area contributed by atoms with Crippen LogP contribution in [0.3, 0.4) is 0 Å². The molecule has 0 spiro atoms. The third-order valence-corrected chi connectivity index (χ3v) is 5.21. The molecule has 0 radical (unpaired) electrons. The molecular weight excluding hydrogens is 378 g/mol. The zero-order valence-electron chi connectivity index (χ0n) is 18.0. The molecule has 0 amide bonds. The number of carbonyl (C=O) groups excluding carboxylic acids is 2. The minimum Gasteiger partial charge on any atom is -0.469 e. The normalized spacial score (nSPS) is 13.2. The average Bonchev–Trinajstić information content (AvgIpc) is 2.80. The first-order chi connectivity index (χ1) is 14.5. The standard InChI is InChI=1S/C25H31NO4/c1-20(22-14-8-5-9-15-22)26(19-21-12-6-4-7-13-21)23(18-25(28)30-3)16-10-11-17-24(27)29-2/h4-9,11-15,17,20,23H,10,16,18-19H2,1-3H3/b17-11+/t20-,23?/m1/s1. The van der Waals surface area contributed by atoms with Gasteiger partial charge >= 0.3 is 11.9 Å². The Morgan fingerprint density at radius 1 is 0.967 bits per heavy atom. The topological polar surface area (TPSA) is 55.8 Å². The van der Waals surface area contributed by atoms with Crippen LogP contribution in [0.15, 0.2) is 72.8 Å². The quantitative estimate of drug-likeness (QED) is 0.398. The number of carbonyl (C=O) groups is 2. The van der Waals surface area contributed by atoms with E-state index in [9.17, 15) is 9.59 Å². The fourth-order valence-corrected chi connectivity index (χ4v) is 3.50. The molecule has 5 heteroatoms. The number of esters is 2. The highest BCUT2D eigenvalue weighted by molar-refractivity contribution is 5.81. The van der Waals surface area contributed by atoms with Gasteiger partial charge in [0.15, 0.2) is 0 Å². The molecule has 160 valence electrons. The highest BCUT2D eigenvalue weighted by atomic mass is 16.5. The second-order valence-electron chi connectivity index (χ2n) is 7.18. The molecule has 0 aromatic heterocycles. The van der Waals surface area contributed by atoms with Gasteiger partial charge < -0.3 is 9.47 Å². The van der Waals surface area contributed by atoms with Crippen LogP contribution in [0.5, 0.6) is 0 Å². The van der Waals surface area contributed by atoms with Crippen LogP contribution in [-0.2, 0) is 25.6 Å². The Morgan fingerprint density at radius 2 is 1.60 bits per heavy atom. The second-order valence-corrected chi connectivity index (χ2v) is 7.18. The van der Waals surface area contributed by atoms with Gasteiger partial charge in [-0.25, -0.2) is 4.79 Å². The smallest absolute Gasteiger partial charge is 0.330 e. The SMILES string of the molecule is COC(=O)/C=C/CCC(CC(=O)OC)N(Cc1ccccc1)[C@H](C)c1ccccc1. The van der Waals surface area contributed by atoms with E-state index in [-0.39, 0.29) is 30.4 Å². The van der Waals surface area contributed by atoms with Gasteiger partial charge in [0.2, 0.25) is 0 Å². The first-order valence-corrected chi connectivity index (χ1v) is 10.2. The van der Waals surface area contributed by atoms with Crippen molar-refractivity contribution >= 4 is 11.9 Å². The van der Waals surface area contributed by atoms with E-state index in [1.807, 2.05) is 36.4 Å². The van der Waals surface area contributed by atoms with E-state index in [0.29, 0.717) is 19.4 Å². The molecule has 0 aliphatic rings. The summed E-state index contributed by atoms with van der Waals surface area (Å²) < 4.78 is 9.62. The number of nitrogens with zero attached hydrogens (tertiary/aromatic N) is 1. The van der Waals surface area contributed by atoms with Gasteiger partial charge in [-0.2, -0.15) is 0 Å². The number of hydrogen-bond acceptors (Lipinski definition) is 5. The monoisotopic (exact) mass is 409 g/mol. The summed E-state index contributed by atoms with van der Waals surface area (Å²) in [6.45, 7) is 2.87. The highest BCUT2D eigenvalue weighted by Crippen LogP contribution is 2.28. The first-order valence-electron chi connectivity index (χ1n) is 10.2. The molecule has 0 saturated carbocycles. The maximum absolute atomic E-state index is 12.2. The summed E-state index contributed by atoms with van der Waals surface area (Å²) in [5, 5.41) is 0.